The Morgan fingerprint density at radius 2 is 1.68 bits per heavy atom. The molecule has 8 nitrogen and oxygen atoms in total. The number of rotatable bonds is 8. The number of carboxylic acid groups (broad SMARTS) is 1. The van der Waals surface area contributed by atoms with E-state index in [9.17, 15) is 19.5 Å². The molecule has 0 saturated carbocycles. The van der Waals surface area contributed by atoms with E-state index in [2.05, 4.69) is 34.9 Å². The lowest BCUT2D eigenvalue weighted by Crippen LogP contribution is -2.47. The standard InChI is InChI=1S/C26H29N3O5/c1-29(2)14-23(25(31)32)28-24(30)16-11-12-17(13-16)27-26(33)34-15-22-20-9-5-3-7-18(20)19-8-4-6-10-21(19)22/h3-11,17,22-23H,12-15H2,1-2H3,(H,27,33)(H,28,30)(H,31,32)/t17?,23-/m0/s1. The summed E-state index contributed by atoms with van der Waals surface area (Å²) in [5, 5.41) is 14.7. The van der Waals surface area contributed by atoms with Gasteiger partial charge < -0.3 is 25.4 Å². The van der Waals surface area contributed by atoms with Crippen molar-refractivity contribution in [3.8, 4) is 11.1 Å². The molecular weight excluding hydrogens is 434 g/mol. The van der Waals surface area contributed by atoms with Gasteiger partial charge in [0.1, 0.15) is 12.6 Å². The van der Waals surface area contributed by atoms with Crippen LogP contribution in [0.1, 0.15) is 29.9 Å². The maximum absolute atomic E-state index is 12.5. The SMILES string of the molecule is CN(C)C[C@H](NC(=O)C1=CCC(NC(=O)OCC2c3ccccc3-c3ccccc32)C1)C(=O)O. The molecule has 178 valence electrons. The topological polar surface area (TPSA) is 108 Å². The molecule has 2 aliphatic rings. The third-order valence-corrected chi connectivity index (χ3v) is 6.22. The van der Waals surface area contributed by atoms with Crippen LogP contribution in [-0.2, 0) is 14.3 Å². The Balaban J connectivity index is 1.29. The molecule has 0 fully saturated rings. The van der Waals surface area contributed by atoms with Crippen molar-refractivity contribution in [2.24, 2.45) is 0 Å². The first-order valence-corrected chi connectivity index (χ1v) is 11.3. The quantitative estimate of drug-likeness (QED) is 0.556. The third kappa shape index (κ3) is 5.12. The Morgan fingerprint density at radius 3 is 2.26 bits per heavy atom. The zero-order chi connectivity index (χ0) is 24.2. The average molecular weight is 464 g/mol. The second-order valence-electron chi connectivity index (χ2n) is 8.96. The molecule has 2 aromatic carbocycles. The van der Waals surface area contributed by atoms with Gasteiger partial charge >= 0.3 is 12.1 Å². The van der Waals surface area contributed by atoms with Crippen molar-refractivity contribution in [3.05, 3.63) is 71.3 Å². The van der Waals surface area contributed by atoms with Crippen molar-refractivity contribution in [2.45, 2.75) is 30.8 Å². The monoisotopic (exact) mass is 463 g/mol. The van der Waals surface area contributed by atoms with E-state index in [0.717, 1.165) is 22.3 Å². The van der Waals surface area contributed by atoms with Crippen LogP contribution < -0.4 is 10.6 Å². The molecule has 2 atom stereocenters. The minimum atomic E-state index is -1.09. The molecule has 34 heavy (non-hydrogen) atoms. The second-order valence-corrected chi connectivity index (χ2v) is 8.96. The number of hydrogen-bond donors (Lipinski definition) is 3. The van der Waals surface area contributed by atoms with Crippen molar-refractivity contribution in [3.63, 3.8) is 0 Å². The van der Waals surface area contributed by atoms with E-state index in [1.807, 2.05) is 24.3 Å². The Bertz CT molecular complexity index is 1080. The number of alkyl carbamates (subject to hydrolysis) is 1. The molecule has 4 rings (SSSR count). The van der Waals surface area contributed by atoms with Gasteiger partial charge in [-0.05, 0) is 49.2 Å². The van der Waals surface area contributed by atoms with Crippen molar-refractivity contribution >= 4 is 18.0 Å². The number of carbonyl (C=O) groups is 3. The molecule has 0 bridgehead atoms. The number of nitrogens with zero attached hydrogens (tertiary/aromatic N) is 1. The predicted octanol–water partition coefficient (Wildman–Crippen LogP) is 2.74. The number of fused-ring (bicyclic) bond motifs is 3. The Labute approximate surface area is 198 Å². The van der Waals surface area contributed by atoms with Gasteiger partial charge in [-0.25, -0.2) is 9.59 Å². The molecule has 0 saturated heterocycles. The van der Waals surface area contributed by atoms with Gasteiger partial charge in [0.25, 0.3) is 0 Å². The van der Waals surface area contributed by atoms with E-state index in [0.29, 0.717) is 18.4 Å². The summed E-state index contributed by atoms with van der Waals surface area (Å²) in [5.41, 5.74) is 5.08. The fourth-order valence-electron chi connectivity index (χ4n) is 4.62. The van der Waals surface area contributed by atoms with Crippen LogP contribution in [0, 0.1) is 0 Å². The smallest absolute Gasteiger partial charge is 0.407 e. The van der Waals surface area contributed by atoms with E-state index in [4.69, 9.17) is 4.74 Å². The summed E-state index contributed by atoms with van der Waals surface area (Å²) in [6, 6.07) is 15.0. The summed E-state index contributed by atoms with van der Waals surface area (Å²) in [6.45, 7) is 0.411. The number of ether oxygens (including phenoxy) is 1. The summed E-state index contributed by atoms with van der Waals surface area (Å²) < 4.78 is 5.58. The lowest BCUT2D eigenvalue weighted by molar-refractivity contribution is -0.141. The summed E-state index contributed by atoms with van der Waals surface area (Å²) in [4.78, 5) is 38.1. The van der Waals surface area contributed by atoms with Gasteiger partial charge in [0.15, 0.2) is 0 Å². The number of aliphatic carboxylic acids is 1. The van der Waals surface area contributed by atoms with Gasteiger partial charge in [0.2, 0.25) is 5.91 Å². The second kappa shape index (κ2) is 10.1. The number of amides is 2. The Morgan fingerprint density at radius 1 is 1.06 bits per heavy atom. The molecule has 3 N–H and O–H groups in total. The predicted molar refractivity (Wildman–Crippen MR) is 127 cm³/mol. The first kappa shape index (κ1) is 23.5. The highest BCUT2D eigenvalue weighted by Gasteiger charge is 2.30. The first-order valence-electron chi connectivity index (χ1n) is 11.3. The molecule has 8 heteroatoms. The number of likely N-dealkylation sites (N-methyl/N-ethyl adjacent to an activating group) is 1. The minimum Gasteiger partial charge on any atom is -0.480 e. The van der Waals surface area contributed by atoms with Crippen LogP contribution in [0.4, 0.5) is 4.79 Å². The first-order chi connectivity index (χ1) is 16.3. The van der Waals surface area contributed by atoms with Crippen LogP contribution in [0.5, 0.6) is 0 Å². The number of carboxylic acids is 1. The average Bonchev–Trinajstić information content (AvgIpc) is 3.39. The molecule has 0 heterocycles. The summed E-state index contributed by atoms with van der Waals surface area (Å²) >= 11 is 0. The number of carbonyl (C=O) groups excluding carboxylic acids is 2. The highest BCUT2D eigenvalue weighted by atomic mass is 16.5. The highest BCUT2D eigenvalue weighted by molar-refractivity contribution is 5.96. The zero-order valence-electron chi connectivity index (χ0n) is 19.3. The van der Waals surface area contributed by atoms with E-state index < -0.39 is 24.0 Å². The maximum Gasteiger partial charge on any atom is 0.407 e. The molecule has 2 aliphatic carbocycles. The van der Waals surface area contributed by atoms with Gasteiger partial charge in [-0.1, -0.05) is 54.6 Å². The van der Waals surface area contributed by atoms with Gasteiger partial charge in [0, 0.05) is 24.1 Å². The molecule has 2 amide bonds. The van der Waals surface area contributed by atoms with Gasteiger partial charge in [-0.15, -0.1) is 0 Å². The van der Waals surface area contributed by atoms with Gasteiger partial charge in [0.05, 0.1) is 0 Å². The molecular formula is C26H29N3O5. The van der Waals surface area contributed by atoms with Crippen LogP contribution in [0.2, 0.25) is 0 Å². The number of benzene rings is 2. The minimum absolute atomic E-state index is 0.0224. The van der Waals surface area contributed by atoms with Crippen LogP contribution in [0.3, 0.4) is 0 Å². The van der Waals surface area contributed by atoms with Crippen LogP contribution >= 0.6 is 0 Å². The van der Waals surface area contributed by atoms with Crippen LogP contribution in [0.15, 0.2) is 60.2 Å². The van der Waals surface area contributed by atoms with E-state index in [-0.39, 0.29) is 25.1 Å². The van der Waals surface area contributed by atoms with E-state index in [1.165, 1.54) is 0 Å². The Hall–Kier alpha value is -3.65. The molecule has 2 aromatic rings. The molecule has 0 spiro atoms. The zero-order valence-corrected chi connectivity index (χ0v) is 19.3. The molecule has 0 radical (unpaired) electrons. The lowest BCUT2D eigenvalue weighted by atomic mass is 9.98. The fraction of sp³-hybridized carbons (Fsp3) is 0.346. The van der Waals surface area contributed by atoms with Crippen molar-refractivity contribution in [2.75, 3.05) is 27.2 Å². The highest BCUT2D eigenvalue weighted by Crippen LogP contribution is 2.44. The normalized spacial score (nSPS) is 17.5. The van der Waals surface area contributed by atoms with Crippen molar-refractivity contribution in [1.82, 2.24) is 15.5 Å². The summed E-state index contributed by atoms with van der Waals surface area (Å²) in [5.74, 6) is -1.54. The van der Waals surface area contributed by atoms with Crippen LogP contribution in [0.25, 0.3) is 11.1 Å². The van der Waals surface area contributed by atoms with E-state index in [1.54, 1.807) is 25.1 Å². The fourth-order valence-corrected chi connectivity index (χ4v) is 4.62. The van der Waals surface area contributed by atoms with Gasteiger partial charge in [-0.2, -0.15) is 0 Å². The number of hydrogen-bond acceptors (Lipinski definition) is 5. The van der Waals surface area contributed by atoms with Crippen LogP contribution in [-0.4, -0.2) is 67.3 Å². The third-order valence-electron chi connectivity index (χ3n) is 6.22. The molecule has 1 unspecified atom stereocenters. The van der Waals surface area contributed by atoms with Crippen molar-refractivity contribution in [1.29, 1.82) is 0 Å². The van der Waals surface area contributed by atoms with Crippen molar-refractivity contribution < 1.29 is 24.2 Å². The summed E-state index contributed by atoms with van der Waals surface area (Å²) in [6.07, 6.45) is 2.01. The molecule has 0 aliphatic heterocycles. The lowest BCUT2D eigenvalue weighted by Gasteiger charge is -2.19. The number of nitrogens with one attached hydrogen (secondary N) is 2. The molecule has 0 aromatic heterocycles. The maximum atomic E-state index is 12.5. The van der Waals surface area contributed by atoms with Gasteiger partial charge in [-0.3, -0.25) is 4.79 Å². The Kier molecular flexibility index (Phi) is 6.98. The largest absolute Gasteiger partial charge is 0.480 e. The summed E-state index contributed by atoms with van der Waals surface area (Å²) in [7, 11) is 3.48. The van der Waals surface area contributed by atoms with E-state index >= 15 is 0 Å².